The molecule has 0 atom stereocenters. The van der Waals surface area contributed by atoms with Gasteiger partial charge in [-0.2, -0.15) is 5.10 Å². The Morgan fingerprint density at radius 1 is 1.58 bits per heavy atom. The first kappa shape index (κ1) is 8.97. The summed E-state index contributed by atoms with van der Waals surface area (Å²) in [7, 11) is 1.69. The van der Waals surface area contributed by atoms with Gasteiger partial charge in [-0.3, -0.25) is 4.79 Å². The highest BCUT2D eigenvalue weighted by atomic mass is 16.1. The lowest BCUT2D eigenvalue weighted by Crippen LogP contribution is -2.22. The Hall–Kier alpha value is -1.12. The molecular formula is C9H14N2O. The molecule has 0 amide bonds. The van der Waals surface area contributed by atoms with E-state index in [1.54, 1.807) is 7.05 Å². The SMILES string of the molecule is CCCc1cc(C)c(=O)n(C)n1. The van der Waals surface area contributed by atoms with Gasteiger partial charge in [0.2, 0.25) is 0 Å². The van der Waals surface area contributed by atoms with Crippen molar-refractivity contribution in [2.45, 2.75) is 26.7 Å². The molecule has 1 aromatic rings. The third-order valence-corrected chi connectivity index (χ3v) is 1.80. The van der Waals surface area contributed by atoms with Gasteiger partial charge >= 0.3 is 0 Å². The summed E-state index contributed by atoms with van der Waals surface area (Å²) in [4.78, 5) is 11.2. The maximum Gasteiger partial charge on any atom is 0.269 e. The zero-order chi connectivity index (χ0) is 9.14. The van der Waals surface area contributed by atoms with Crippen molar-refractivity contribution >= 4 is 0 Å². The Balaban J connectivity index is 3.13. The molecule has 66 valence electrons. The summed E-state index contributed by atoms with van der Waals surface area (Å²) in [5, 5.41) is 4.13. The minimum atomic E-state index is -0.00477. The lowest BCUT2D eigenvalue weighted by Gasteiger charge is -2.02. The van der Waals surface area contributed by atoms with Gasteiger partial charge in [-0.25, -0.2) is 4.68 Å². The molecule has 0 bridgehead atoms. The molecule has 3 heteroatoms. The van der Waals surface area contributed by atoms with Crippen LogP contribution in [0.5, 0.6) is 0 Å². The molecule has 0 aromatic carbocycles. The second kappa shape index (κ2) is 3.52. The standard InChI is InChI=1S/C9H14N2O/c1-4-5-8-6-7(2)9(12)11(3)10-8/h6H,4-5H2,1-3H3. The topological polar surface area (TPSA) is 34.9 Å². The molecule has 1 heterocycles. The van der Waals surface area contributed by atoms with Crippen LogP contribution in [0.2, 0.25) is 0 Å². The minimum absolute atomic E-state index is 0.00477. The molecule has 0 radical (unpaired) electrons. The highest BCUT2D eigenvalue weighted by Gasteiger charge is 2.00. The van der Waals surface area contributed by atoms with E-state index in [-0.39, 0.29) is 5.56 Å². The van der Waals surface area contributed by atoms with Crippen molar-refractivity contribution in [3.63, 3.8) is 0 Å². The summed E-state index contributed by atoms with van der Waals surface area (Å²) in [6, 6.07) is 1.87. The summed E-state index contributed by atoms with van der Waals surface area (Å²) in [6.45, 7) is 3.92. The lowest BCUT2D eigenvalue weighted by molar-refractivity contribution is 0.664. The molecule has 1 rings (SSSR count). The summed E-state index contributed by atoms with van der Waals surface area (Å²) >= 11 is 0. The van der Waals surface area contributed by atoms with Crippen LogP contribution in [0.1, 0.15) is 24.6 Å². The summed E-state index contributed by atoms with van der Waals surface area (Å²) in [5.41, 5.74) is 1.77. The molecule has 1 aromatic heterocycles. The monoisotopic (exact) mass is 166 g/mol. The first-order valence-electron chi connectivity index (χ1n) is 4.19. The lowest BCUT2D eigenvalue weighted by atomic mass is 10.2. The minimum Gasteiger partial charge on any atom is -0.268 e. The molecule has 3 nitrogen and oxygen atoms in total. The smallest absolute Gasteiger partial charge is 0.268 e. The second-order valence-corrected chi connectivity index (χ2v) is 3.00. The van der Waals surface area contributed by atoms with Crippen LogP contribution in [-0.2, 0) is 13.5 Å². The molecule has 0 saturated heterocycles. The predicted octanol–water partition coefficient (Wildman–Crippen LogP) is 1.04. The Morgan fingerprint density at radius 3 is 2.75 bits per heavy atom. The zero-order valence-electron chi connectivity index (χ0n) is 7.79. The molecular weight excluding hydrogens is 152 g/mol. The zero-order valence-corrected chi connectivity index (χ0v) is 7.79. The number of rotatable bonds is 2. The molecule has 0 unspecified atom stereocenters. The molecule has 0 fully saturated rings. The molecule has 0 saturated carbocycles. The van der Waals surface area contributed by atoms with Crippen molar-refractivity contribution in [2.24, 2.45) is 7.05 Å². The quantitative estimate of drug-likeness (QED) is 0.658. The van der Waals surface area contributed by atoms with Gasteiger partial charge in [0.25, 0.3) is 5.56 Å². The van der Waals surface area contributed by atoms with E-state index in [1.807, 2.05) is 13.0 Å². The molecule has 0 spiro atoms. The van der Waals surface area contributed by atoms with Crippen LogP contribution in [0.25, 0.3) is 0 Å². The molecule has 0 N–H and O–H groups in total. The first-order chi connectivity index (χ1) is 5.65. The number of hydrogen-bond acceptors (Lipinski definition) is 2. The van der Waals surface area contributed by atoms with E-state index in [9.17, 15) is 4.79 Å². The number of aromatic nitrogens is 2. The Bertz CT molecular complexity index is 302. The fourth-order valence-electron chi connectivity index (χ4n) is 1.21. The second-order valence-electron chi connectivity index (χ2n) is 3.00. The van der Waals surface area contributed by atoms with Crippen molar-refractivity contribution < 1.29 is 0 Å². The van der Waals surface area contributed by atoms with Crippen molar-refractivity contribution in [3.05, 3.63) is 27.7 Å². The Labute approximate surface area is 72.0 Å². The van der Waals surface area contributed by atoms with Crippen molar-refractivity contribution in [1.82, 2.24) is 9.78 Å². The van der Waals surface area contributed by atoms with Crippen LogP contribution in [0, 0.1) is 6.92 Å². The van der Waals surface area contributed by atoms with E-state index in [4.69, 9.17) is 0 Å². The molecule has 12 heavy (non-hydrogen) atoms. The van der Waals surface area contributed by atoms with Gasteiger partial charge in [-0.1, -0.05) is 13.3 Å². The Morgan fingerprint density at radius 2 is 2.25 bits per heavy atom. The van der Waals surface area contributed by atoms with Crippen molar-refractivity contribution in [3.8, 4) is 0 Å². The average molecular weight is 166 g/mol. The molecule has 0 aliphatic heterocycles. The Kier molecular flexibility index (Phi) is 2.63. The fraction of sp³-hybridized carbons (Fsp3) is 0.556. The van der Waals surface area contributed by atoms with E-state index in [1.165, 1.54) is 4.68 Å². The van der Waals surface area contributed by atoms with E-state index in [2.05, 4.69) is 12.0 Å². The van der Waals surface area contributed by atoms with Gasteiger partial charge in [0.05, 0.1) is 5.69 Å². The van der Waals surface area contributed by atoms with Gasteiger partial charge in [0.15, 0.2) is 0 Å². The third-order valence-electron chi connectivity index (χ3n) is 1.80. The van der Waals surface area contributed by atoms with Crippen LogP contribution in [0.4, 0.5) is 0 Å². The van der Waals surface area contributed by atoms with Crippen molar-refractivity contribution in [1.29, 1.82) is 0 Å². The summed E-state index contributed by atoms with van der Waals surface area (Å²) in [5.74, 6) is 0. The van der Waals surface area contributed by atoms with Crippen LogP contribution in [-0.4, -0.2) is 9.78 Å². The molecule has 0 aliphatic rings. The van der Waals surface area contributed by atoms with Gasteiger partial charge in [-0.15, -0.1) is 0 Å². The van der Waals surface area contributed by atoms with Crippen LogP contribution < -0.4 is 5.56 Å². The van der Waals surface area contributed by atoms with E-state index < -0.39 is 0 Å². The number of nitrogens with zero attached hydrogens (tertiary/aromatic N) is 2. The van der Waals surface area contributed by atoms with E-state index >= 15 is 0 Å². The fourth-order valence-corrected chi connectivity index (χ4v) is 1.21. The average Bonchev–Trinajstić information content (AvgIpc) is 2.01. The first-order valence-corrected chi connectivity index (χ1v) is 4.19. The largest absolute Gasteiger partial charge is 0.269 e. The highest BCUT2D eigenvalue weighted by molar-refractivity contribution is 5.11. The van der Waals surface area contributed by atoms with Gasteiger partial charge < -0.3 is 0 Å². The van der Waals surface area contributed by atoms with Gasteiger partial charge in [-0.05, 0) is 19.4 Å². The number of aryl methyl sites for hydroxylation is 3. The predicted molar refractivity (Wildman–Crippen MR) is 48.2 cm³/mol. The third kappa shape index (κ3) is 1.72. The van der Waals surface area contributed by atoms with Gasteiger partial charge in [0, 0.05) is 12.6 Å². The van der Waals surface area contributed by atoms with E-state index in [0.717, 1.165) is 24.1 Å². The van der Waals surface area contributed by atoms with Crippen molar-refractivity contribution in [2.75, 3.05) is 0 Å². The van der Waals surface area contributed by atoms with E-state index in [0.29, 0.717) is 0 Å². The van der Waals surface area contributed by atoms with Crippen LogP contribution >= 0.6 is 0 Å². The highest BCUT2D eigenvalue weighted by Crippen LogP contribution is 1.98. The number of hydrogen-bond donors (Lipinski definition) is 0. The molecule has 0 aliphatic carbocycles. The maximum atomic E-state index is 11.2. The maximum absolute atomic E-state index is 11.2. The van der Waals surface area contributed by atoms with Crippen LogP contribution in [0.3, 0.4) is 0 Å². The van der Waals surface area contributed by atoms with Crippen LogP contribution in [0.15, 0.2) is 10.9 Å². The normalized spacial score (nSPS) is 10.2. The van der Waals surface area contributed by atoms with Gasteiger partial charge in [0.1, 0.15) is 0 Å². The summed E-state index contributed by atoms with van der Waals surface area (Å²) < 4.78 is 1.40. The summed E-state index contributed by atoms with van der Waals surface area (Å²) in [6.07, 6.45) is 2.00.